The first-order valence-corrected chi connectivity index (χ1v) is 4.18. The van der Waals surface area contributed by atoms with Gasteiger partial charge in [-0.15, -0.1) is 0 Å². The molecule has 0 saturated carbocycles. The maximum atomic E-state index is 12.6. The summed E-state index contributed by atoms with van der Waals surface area (Å²) < 4.78 is 12.6. The van der Waals surface area contributed by atoms with Gasteiger partial charge in [0.15, 0.2) is 0 Å². The van der Waals surface area contributed by atoms with Crippen molar-refractivity contribution in [3.63, 3.8) is 0 Å². The summed E-state index contributed by atoms with van der Waals surface area (Å²) in [6.07, 6.45) is 0. The average molecular weight is 192 g/mol. The zero-order valence-corrected chi connectivity index (χ0v) is 7.38. The normalized spacial score (nSPS) is 10.6. The van der Waals surface area contributed by atoms with Gasteiger partial charge in [-0.3, -0.25) is 4.79 Å². The van der Waals surface area contributed by atoms with E-state index in [-0.39, 0.29) is 5.56 Å². The summed E-state index contributed by atoms with van der Waals surface area (Å²) in [7, 11) is 0. The van der Waals surface area contributed by atoms with Crippen LogP contribution < -0.4 is 11.3 Å². The highest BCUT2D eigenvalue weighted by atomic mass is 19.1. The van der Waals surface area contributed by atoms with Crippen molar-refractivity contribution in [2.75, 3.05) is 5.73 Å². The Morgan fingerprint density at radius 2 is 2.14 bits per heavy atom. The molecule has 1 aromatic carbocycles. The summed E-state index contributed by atoms with van der Waals surface area (Å²) in [4.78, 5) is 13.7. The van der Waals surface area contributed by atoms with Crippen LogP contribution in [0.4, 0.5) is 10.1 Å². The van der Waals surface area contributed by atoms with Gasteiger partial charge in [-0.1, -0.05) is 0 Å². The summed E-state index contributed by atoms with van der Waals surface area (Å²) in [6.45, 7) is -0.663. The van der Waals surface area contributed by atoms with Crippen LogP contribution in [0, 0.1) is 0 Å². The van der Waals surface area contributed by atoms with E-state index in [1.54, 1.807) is 18.2 Å². The molecular formula is C10H9FN2O. The first kappa shape index (κ1) is 8.74. The molecule has 1 aromatic heterocycles. The second-order valence-corrected chi connectivity index (χ2v) is 3.10. The number of benzene rings is 1. The number of halogens is 1. The zero-order chi connectivity index (χ0) is 10.1. The predicted octanol–water partition coefficient (Wildman–Crippen LogP) is 1.58. The number of aromatic amines is 1. The number of hydrogen-bond donors (Lipinski definition) is 2. The van der Waals surface area contributed by atoms with E-state index >= 15 is 0 Å². The number of hydrogen-bond acceptors (Lipinski definition) is 2. The number of rotatable bonds is 1. The third kappa shape index (κ3) is 1.35. The van der Waals surface area contributed by atoms with Crippen LogP contribution in [0.5, 0.6) is 0 Å². The van der Waals surface area contributed by atoms with Gasteiger partial charge in [0.1, 0.15) is 6.67 Å². The van der Waals surface area contributed by atoms with Crippen LogP contribution in [0.1, 0.15) is 5.56 Å². The highest BCUT2D eigenvalue weighted by Gasteiger charge is 2.02. The number of pyridine rings is 1. The molecule has 0 bridgehead atoms. The van der Waals surface area contributed by atoms with Crippen LogP contribution >= 0.6 is 0 Å². The largest absolute Gasteiger partial charge is 0.399 e. The van der Waals surface area contributed by atoms with Gasteiger partial charge in [-0.05, 0) is 23.8 Å². The van der Waals surface area contributed by atoms with E-state index < -0.39 is 6.67 Å². The Balaban J connectivity index is 2.88. The lowest BCUT2D eigenvalue weighted by Gasteiger charge is -2.03. The maximum absolute atomic E-state index is 12.6. The number of nitrogens with two attached hydrogens (primary N) is 1. The Morgan fingerprint density at radius 1 is 1.36 bits per heavy atom. The minimum Gasteiger partial charge on any atom is -0.399 e. The van der Waals surface area contributed by atoms with E-state index in [0.29, 0.717) is 22.2 Å². The fourth-order valence-electron chi connectivity index (χ4n) is 1.45. The predicted molar refractivity (Wildman–Crippen MR) is 53.8 cm³/mol. The monoisotopic (exact) mass is 192 g/mol. The number of aromatic nitrogens is 1. The molecule has 0 saturated heterocycles. The Morgan fingerprint density at radius 3 is 2.86 bits per heavy atom. The van der Waals surface area contributed by atoms with Crippen LogP contribution in [-0.2, 0) is 6.67 Å². The van der Waals surface area contributed by atoms with Crippen LogP contribution in [0.15, 0.2) is 29.1 Å². The molecule has 0 fully saturated rings. The third-order valence-electron chi connectivity index (χ3n) is 2.10. The molecule has 72 valence electrons. The lowest BCUT2D eigenvalue weighted by atomic mass is 10.1. The molecule has 0 aliphatic rings. The molecule has 0 unspecified atom stereocenters. The van der Waals surface area contributed by atoms with Crippen LogP contribution in [0.2, 0.25) is 0 Å². The number of anilines is 1. The number of fused-ring (bicyclic) bond motifs is 1. The van der Waals surface area contributed by atoms with Gasteiger partial charge in [0.2, 0.25) is 5.56 Å². The maximum Gasteiger partial charge on any atom is 0.248 e. The van der Waals surface area contributed by atoms with Crippen molar-refractivity contribution in [1.29, 1.82) is 0 Å². The molecule has 2 rings (SSSR count). The summed E-state index contributed by atoms with van der Waals surface area (Å²) >= 11 is 0. The Labute approximate surface area is 79.4 Å². The molecule has 3 N–H and O–H groups in total. The lowest BCUT2D eigenvalue weighted by molar-refractivity contribution is 0.487. The molecule has 1 heterocycles. The number of nitrogen functional groups attached to an aromatic ring is 1. The quantitative estimate of drug-likeness (QED) is 0.674. The van der Waals surface area contributed by atoms with E-state index in [9.17, 15) is 9.18 Å². The van der Waals surface area contributed by atoms with Crippen molar-refractivity contribution in [1.82, 2.24) is 4.98 Å². The van der Waals surface area contributed by atoms with E-state index in [2.05, 4.69) is 4.98 Å². The van der Waals surface area contributed by atoms with Crippen molar-refractivity contribution in [2.24, 2.45) is 0 Å². The molecule has 0 amide bonds. The SMILES string of the molecule is Nc1ccc2[nH]c(=O)cc(CF)c2c1. The highest BCUT2D eigenvalue weighted by molar-refractivity contribution is 5.84. The number of alkyl halides is 1. The van der Waals surface area contributed by atoms with Crippen molar-refractivity contribution >= 4 is 16.6 Å². The molecule has 3 nitrogen and oxygen atoms in total. The first-order chi connectivity index (χ1) is 6.70. The summed E-state index contributed by atoms with van der Waals surface area (Å²) in [5, 5.41) is 0.659. The van der Waals surface area contributed by atoms with Crippen molar-refractivity contribution in [3.05, 3.63) is 40.2 Å². The second kappa shape index (κ2) is 3.14. The minimum atomic E-state index is -0.663. The molecule has 0 spiro atoms. The van der Waals surface area contributed by atoms with Gasteiger partial charge in [0, 0.05) is 22.7 Å². The molecule has 0 aliphatic heterocycles. The third-order valence-corrected chi connectivity index (χ3v) is 2.10. The van der Waals surface area contributed by atoms with Gasteiger partial charge in [0.25, 0.3) is 0 Å². The van der Waals surface area contributed by atoms with Gasteiger partial charge in [-0.2, -0.15) is 0 Å². The fourth-order valence-corrected chi connectivity index (χ4v) is 1.45. The van der Waals surface area contributed by atoms with Crippen molar-refractivity contribution in [3.8, 4) is 0 Å². The number of nitrogens with one attached hydrogen (secondary N) is 1. The van der Waals surface area contributed by atoms with Gasteiger partial charge in [-0.25, -0.2) is 4.39 Å². The molecule has 0 aliphatic carbocycles. The summed E-state index contributed by atoms with van der Waals surface area (Å²) in [6, 6.07) is 6.24. The second-order valence-electron chi connectivity index (χ2n) is 3.10. The number of H-pyrrole nitrogens is 1. The molecule has 2 aromatic rings. The summed E-state index contributed by atoms with van der Waals surface area (Å²) in [5.74, 6) is 0. The van der Waals surface area contributed by atoms with E-state index in [1.165, 1.54) is 6.07 Å². The van der Waals surface area contributed by atoms with Gasteiger partial charge < -0.3 is 10.7 Å². The van der Waals surface area contributed by atoms with E-state index in [0.717, 1.165) is 0 Å². The van der Waals surface area contributed by atoms with E-state index in [1.807, 2.05) is 0 Å². The van der Waals surface area contributed by atoms with Crippen molar-refractivity contribution in [2.45, 2.75) is 6.67 Å². The lowest BCUT2D eigenvalue weighted by Crippen LogP contribution is -2.06. The Hall–Kier alpha value is -1.84. The smallest absolute Gasteiger partial charge is 0.248 e. The fraction of sp³-hybridized carbons (Fsp3) is 0.100. The highest BCUT2D eigenvalue weighted by Crippen LogP contribution is 2.18. The molecule has 4 heteroatoms. The van der Waals surface area contributed by atoms with Crippen LogP contribution in [-0.4, -0.2) is 4.98 Å². The molecular weight excluding hydrogens is 183 g/mol. The minimum absolute atomic E-state index is 0.296. The standard InChI is InChI=1S/C10H9FN2O/c11-5-6-3-10(14)13-9-2-1-7(12)4-8(6)9/h1-4H,5,12H2,(H,13,14). The van der Waals surface area contributed by atoms with Crippen LogP contribution in [0.3, 0.4) is 0 Å². The Bertz CT molecular complexity index is 533. The molecule has 14 heavy (non-hydrogen) atoms. The molecule has 0 atom stereocenters. The topological polar surface area (TPSA) is 58.9 Å². The first-order valence-electron chi connectivity index (χ1n) is 4.18. The van der Waals surface area contributed by atoms with E-state index in [4.69, 9.17) is 5.73 Å². The van der Waals surface area contributed by atoms with Crippen molar-refractivity contribution < 1.29 is 4.39 Å². The summed E-state index contributed by atoms with van der Waals surface area (Å²) in [5.41, 5.74) is 6.81. The zero-order valence-electron chi connectivity index (χ0n) is 7.38. The van der Waals surface area contributed by atoms with Crippen LogP contribution in [0.25, 0.3) is 10.9 Å². The van der Waals surface area contributed by atoms with Gasteiger partial charge in [0.05, 0.1) is 0 Å². The average Bonchev–Trinajstić information content (AvgIpc) is 2.17. The molecule has 0 radical (unpaired) electrons. The van der Waals surface area contributed by atoms with Gasteiger partial charge >= 0.3 is 0 Å². The Kier molecular flexibility index (Phi) is 1.96.